The highest BCUT2D eigenvalue weighted by atomic mass is 32.2. The smallest absolute Gasteiger partial charge is 0.152 e. The van der Waals surface area contributed by atoms with E-state index in [1.165, 1.54) is 0 Å². The molecule has 0 saturated heterocycles. The molecule has 0 bridgehead atoms. The van der Waals surface area contributed by atoms with E-state index in [-0.39, 0.29) is 17.4 Å². The van der Waals surface area contributed by atoms with Gasteiger partial charge in [0.1, 0.15) is 0 Å². The standard InChI is InChI=1S/C13H21NO2S/c1-10(2)8-17(15,16)9-13(14)12-7-5-4-6-11(12)3/h4-7,10,13H,8-9,14H2,1-3H3. The number of sulfone groups is 1. The molecule has 96 valence electrons. The number of hydrogen-bond acceptors (Lipinski definition) is 3. The Morgan fingerprint density at radius 1 is 1.18 bits per heavy atom. The number of rotatable bonds is 5. The Morgan fingerprint density at radius 2 is 1.76 bits per heavy atom. The molecule has 4 heteroatoms. The third-order valence-corrected chi connectivity index (χ3v) is 4.65. The minimum atomic E-state index is -3.07. The molecule has 0 aliphatic carbocycles. The summed E-state index contributed by atoms with van der Waals surface area (Å²) in [6, 6.07) is 7.22. The lowest BCUT2D eigenvalue weighted by Crippen LogP contribution is -2.25. The Balaban J connectivity index is 2.80. The second kappa shape index (κ2) is 5.65. The van der Waals surface area contributed by atoms with Crippen LogP contribution in [0.15, 0.2) is 24.3 Å². The quantitative estimate of drug-likeness (QED) is 0.876. The Hall–Kier alpha value is -0.870. The molecule has 1 aromatic carbocycles. The van der Waals surface area contributed by atoms with Crippen molar-refractivity contribution in [3.05, 3.63) is 35.4 Å². The minimum absolute atomic E-state index is 0.0238. The van der Waals surface area contributed by atoms with E-state index in [0.717, 1.165) is 11.1 Å². The molecule has 1 rings (SSSR count). The monoisotopic (exact) mass is 255 g/mol. The third-order valence-electron chi connectivity index (χ3n) is 2.61. The topological polar surface area (TPSA) is 60.2 Å². The first-order chi connectivity index (χ1) is 7.82. The molecule has 0 spiro atoms. The zero-order chi connectivity index (χ0) is 13.1. The van der Waals surface area contributed by atoms with Crippen LogP contribution in [0.25, 0.3) is 0 Å². The first-order valence-corrected chi connectivity index (χ1v) is 7.65. The molecule has 0 fully saturated rings. The Bertz CT molecular complexity index is 466. The van der Waals surface area contributed by atoms with Gasteiger partial charge in [-0.15, -0.1) is 0 Å². The molecule has 0 aromatic heterocycles. The molecule has 0 amide bonds. The summed E-state index contributed by atoms with van der Waals surface area (Å²) >= 11 is 0. The van der Waals surface area contributed by atoms with E-state index < -0.39 is 15.9 Å². The van der Waals surface area contributed by atoms with E-state index in [1.54, 1.807) is 0 Å². The summed E-state index contributed by atoms with van der Waals surface area (Å²) in [5, 5.41) is 0. The number of benzene rings is 1. The summed E-state index contributed by atoms with van der Waals surface area (Å²) in [7, 11) is -3.07. The molecule has 1 unspecified atom stereocenters. The third kappa shape index (κ3) is 4.48. The summed E-state index contributed by atoms with van der Waals surface area (Å²) < 4.78 is 23.7. The van der Waals surface area contributed by atoms with Crippen LogP contribution < -0.4 is 5.73 Å². The molecular formula is C13H21NO2S. The van der Waals surface area contributed by atoms with E-state index >= 15 is 0 Å². The van der Waals surface area contributed by atoms with Gasteiger partial charge in [-0.05, 0) is 24.0 Å². The van der Waals surface area contributed by atoms with Gasteiger partial charge < -0.3 is 5.73 Å². The lowest BCUT2D eigenvalue weighted by molar-refractivity contribution is 0.575. The van der Waals surface area contributed by atoms with Gasteiger partial charge >= 0.3 is 0 Å². The summed E-state index contributed by atoms with van der Waals surface area (Å²) in [5.74, 6) is 0.367. The fourth-order valence-electron chi connectivity index (χ4n) is 1.94. The van der Waals surface area contributed by atoms with E-state index in [1.807, 2.05) is 45.0 Å². The molecule has 0 aliphatic heterocycles. The van der Waals surface area contributed by atoms with Gasteiger partial charge in [0, 0.05) is 6.04 Å². The van der Waals surface area contributed by atoms with Crippen LogP contribution in [0, 0.1) is 12.8 Å². The summed E-state index contributed by atoms with van der Waals surface area (Å²) in [6.07, 6.45) is 0. The van der Waals surface area contributed by atoms with Crippen molar-refractivity contribution < 1.29 is 8.42 Å². The highest BCUT2D eigenvalue weighted by molar-refractivity contribution is 7.91. The van der Waals surface area contributed by atoms with Crippen molar-refractivity contribution in [3.8, 4) is 0 Å². The van der Waals surface area contributed by atoms with Crippen molar-refractivity contribution in [1.29, 1.82) is 0 Å². The van der Waals surface area contributed by atoms with Crippen LogP contribution in [-0.4, -0.2) is 19.9 Å². The van der Waals surface area contributed by atoms with Gasteiger partial charge in [0.2, 0.25) is 0 Å². The zero-order valence-corrected chi connectivity index (χ0v) is 11.5. The molecule has 1 atom stereocenters. The lowest BCUT2D eigenvalue weighted by Gasteiger charge is -2.15. The second-order valence-electron chi connectivity index (χ2n) is 4.93. The van der Waals surface area contributed by atoms with Crippen LogP contribution in [0.1, 0.15) is 31.0 Å². The van der Waals surface area contributed by atoms with Crippen molar-refractivity contribution >= 4 is 9.84 Å². The fourth-order valence-corrected chi connectivity index (χ4v) is 3.82. The van der Waals surface area contributed by atoms with E-state index in [0.29, 0.717) is 0 Å². The maximum absolute atomic E-state index is 11.9. The first kappa shape index (κ1) is 14.2. The van der Waals surface area contributed by atoms with Crippen LogP contribution >= 0.6 is 0 Å². The van der Waals surface area contributed by atoms with Crippen molar-refractivity contribution in [3.63, 3.8) is 0 Å². The minimum Gasteiger partial charge on any atom is -0.323 e. The SMILES string of the molecule is Cc1ccccc1C(N)CS(=O)(=O)CC(C)C. The summed E-state index contributed by atoms with van der Waals surface area (Å²) in [6.45, 7) is 5.75. The Morgan fingerprint density at radius 3 is 2.29 bits per heavy atom. The molecule has 0 aliphatic rings. The van der Waals surface area contributed by atoms with Gasteiger partial charge in [-0.1, -0.05) is 38.1 Å². The molecule has 3 nitrogen and oxygen atoms in total. The normalized spacial score (nSPS) is 13.9. The molecule has 0 saturated carbocycles. The first-order valence-electron chi connectivity index (χ1n) is 5.83. The van der Waals surface area contributed by atoms with E-state index in [9.17, 15) is 8.42 Å². The van der Waals surface area contributed by atoms with Crippen molar-refractivity contribution in [1.82, 2.24) is 0 Å². The van der Waals surface area contributed by atoms with Gasteiger partial charge in [-0.25, -0.2) is 8.42 Å². The van der Waals surface area contributed by atoms with Gasteiger partial charge in [0.15, 0.2) is 9.84 Å². The van der Waals surface area contributed by atoms with Crippen LogP contribution in [0.3, 0.4) is 0 Å². The highest BCUT2D eigenvalue weighted by Gasteiger charge is 2.19. The maximum atomic E-state index is 11.9. The Kier molecular flexibility index (Phi) is 4.71. The van der Waals surface area contributed by atoms with Crippen LogP contribution in [0.5, 0.6) is 0 Å². The van der Waals surface area contributed by atoms with Crippen molar-refractivity contribution in [2.45, 2.75) is 26.8 Å². The maximum Gasteiger partial charge on any atom is 0.152 e. The molecule has 1 aromatic rings. The average Bonchev–Trinajstić information content (AvgIpc) is 2.14. The molecule has 17 heavy (non-hydrogen) atoms. The zero-order valence-electron chi connectivity index (χ0n) is 10.7. The van der Waals surface area contributed by atoms with Crippen LogP contribution in [0.2, 0.25) is 0 Å². The molecule has 0 heterocycles. The average molecular weight is 255 g/mol. The highest BCUT2D eigenvalue weighted by Crippen LogP contribution is 2.17. The molecular weight excluding hydrogens is 234 g/mol. The number of aryl methyl sites for hydroxylation is 1. The van der Waals surface area contributed by atoms with Gasteiger partial charge in [0.25, 0.3) is 0 Å². The van der Waals surface area contributed by atoms with Crippen molar-refractivity contribution in [2.24, 2.45) is 11.7 Å². The lowest BCUT2D eigenvalue weighted by atomic mass is 10.0. The predicted molar refractivity (Wildman–Crippen MR) is 71.6 cm³/mol. The Labute approximate surface area is 104 Å². The summed E-state index contributed by atoms with van der Waals surface area (Å²) in [5.41, 5.74) is 7.94. The van der Waals surface area contributed by atoms with Gasteiger partial charge in [-0.2, -0.15) is 0 Å². The van der Waals surface area contributed by atoms with E-state index in [2.05, 4.69) is 0 Å². The van der Waals surface area contributed by atoms with E-state index in [4.69, 9.17) is 5.73 Å². The largest absolute Gasteiger partial charge is 0.323 e. The number of hydrogen-bond donors (Lipinski definition) is 1. The van der Waals surface area contributed by atoms with Crippen LogP contribution in [0.4, 0.5) is 0 Å². The molecule has 0 radical (unpaired) electrons. The summed E-state index contributed by atoms with van der Waals surface area (Å²) in [4.78, 5) is 0. The second-order valence-corrected chi connectivity index (χ2v) is 7.09. The van der Waals surface area contributed by atoms with Gasteiger partial charge in [0.05, 0.1) is 11.5 Å². The van der Waals surface area contributed by atoms with Crippen molar-refractivity contribution in [2.75, 3.05) is 11.5 Å². The predicted octanol–water partition coefficient (Wildman–Crippen LogP) is 2.07. The molecule has 2 N–H and O–H groups in total. The number of nitrogens with two attached hydrogens (primary N) is 1. The van der Waals surface area contributed by atoms with Crippen LogP contribution in [-0.2, 0) is 9.84 Å². The fraction of sp³-hybridized carbons (Fsp3) is 0.538. The van der Waals surface area contributed by atoms with Gasteiger partial charge in [-0.3, -0.25) is 0 Å².